The fourth-order valence-corrected chi connectivity index (χ4v) is 8.75. The van der Waals surface area contributed by atoms with Crippen LogP contribution in [-0.4, -0.2) is 19.6 Å². The Balaban J connectivity index is 1.36. The molecule has 0 aliphatic carbocycles. The molecule has 0 aliphatic heterocycles. The summed E-state index contributed by atoms with van der Waals surface area (Å²) in [6.45, 7) is 26.7. The molecule has 63 heavy (non-hydrogen) atoms. The number of furan rings is 1. The third kappa shape index (κ3) is 7.62. The second-order valence-corrected chi connectivity index (χ2v) is 21.4. The lowest BCUT2D eigenvalue weighted by molar-refractivity contribution is 0.446. The molecule has 1 N–H and O–H groups in total. The van der Waals surface area contributed by atoms with Crippen molar-refractivity contribution >= 4 is 33.0 Å². The van der Waals surface area contributed by atoms with Gasteiger partial charge in [0, 0.05) is 45.3 Å². The molecule has 5 heteroatoms. The third-order valence-electron chi connectivity index (χ3n) is 12.6. The van der Waals surface area contributed by atoms with E-state index in [1.54, 1.807) is 0 Å². The van der Waals surface area contributed by atoms with Crippen LogP contribution in [0.2, 0.25) is 0 Å². The highest BCUT2D eigenvalue weighted by atomic mass is 16.3. The van der Waals surface area contributed by atoms with Crippen LogP contribution in [0.4, 0.5) is 0 Å². The highest BCUT2D eigenvalue weighted by molar-refractivity contribution is 6.05. The molecule has 9 rings (SSSR count). The van der Waals surface area contributed by atoms with E-state index in [2.05, 4.69) is 197 Å². The molecule has 0 atom stereocenters. The minimum Gasteiger partial charge on any atom is -0.507 e. The van der Waals surface area contributed by atoms with Gasteiger partial charge < -0.3 is 9.52 Å². The standard InChI is InChI=1S/C58H59N3O2/c1-55(2,3)38-25-26-48(43(30-38)35-19-14-13-15-20-35)61-49-23-18-22-41(52(49)60-54(61)44-31-40(57(7,8)9)32-46(53(44)62)58(10,11)12)36-27-37(29-39(28-36)56(4,5)6)47-33-51-45(34-59-47)42-21-16-17-24-50(42)63-51/h13-34,62H,1-12H3. The summed E-state index contributed by atoms with van der Waals surface area (Å²) in [6, 6.07) is 45.3. The summed E-state index contributed by atoms with van der Waals surface area (Å²) in [6.07, 6.45) is 1.94. The van der Waals surface area contributed by atoms with Crippen LogP contribution >= 0.6 is 0 Å². The number of para-hydroxylation sites is 2. The van der Waals surface area contributed by atoms with Gasteiger partial charge in [0.05, 0.1) is 28.0 Å². The summed E-state index contributed by atoms with van der Waals surface area (Å²) in [5.74, 6) is 0.946. The van der Waals surface area contributed by atoms with Gasteiger partial charge in [-0.15, -0.1) is 0 Å². The van der Waals surface area contributed by atoms with Crippen molar-refractivity contribution in [3.8, 4) is 56.3 Å². The molecule has 0 unspecified atom stereocenters. The summed E-state index contributed by atoms with van der Waals surface area (Å²) < 4.78 is 8.63. The monoisotopic (exact) mass is 829 g/mol. The zero-order chi connectivity index (χ0) is 44.8. The molecular weight excluding hydrogens is 771 g/mol. The van der Waals surface area contributed by atoms with Gasteiger partial charge in [0.1, 0.15) is 22.7 Å². The zero-order valence-corrected chi connectivity index (χ0v) is 38.9. The number of fused-ring (bicyclic) bond motifs is 4. The normalized spacial score (nSPS) is 12.8. The van der Waals surface area contributed by atoms with Crippen LogP contribution in [0, 0.1) is 0 Å². The first-order valence-electron chi connectivity index (χ1n) is 22.2. The molecule has 318 valence electrons. The lowest BCUT2D eigenvalue weighted by Crippen LogP contribution is -2.17. The number of hydrogen-bond donors (Lipinski definition) is 1. The highest BCUT2D eigenvalue weighted by Crippen LogP contribution is 2.46. The van der Waals surface area contributed by atoms with Crippen molar-refractivity contribution in [2.75, 3.05) is 0 Å². The maximum atomic E-state index is 12.5. The van der Waals surface area contributed by atoms with Crippen molar-refractivity contribution in [2.24, 2.45) is 0 Å². The van der Waals surface area contributed by atoms with E-state index in [1.807, 2.05) is 24.4 Å². The topological polar surface area (TPSA) is 64.1 Å². The number of aromatic nitrogens is 3. The van der Waals surface area contributed by atoms with E-state index in [4.69, 9.17) is 14.4 Å². The van der Waals surface area contributed by atoms with Gasteiger partial charge in [-0.2, -0.15) is 0 Å². The Kier molecular flexibility index (Phi) is 9.86. The van der Waals surface area contributed by atoms with Crippen molar-refractivity contribution in [3.05, 3.63) is 156 Å². The molecule has 0 amide bonds. The number of phenols is 1. The van der Waals surface area contributed by atoms with E-state index in [1.165, 1.54) is 11.1 Å². The van der Waals surface area contributed by atoms with Crippen LogP contribution < -0.4 is 0 Å². The third-order valence-corrected chi connectivity index (χ3v) is 12.6. The van der Waals surface area contributed by atoms with E-state index in [9.17, 15) is 5.11 Å². The summed E-state index contributed by atoms with van der Waals surface area (Å²) in [5.41, 5.74) is 15.0. The molecule has 0 aliphatic rings. The van der Waals surface area contributed by atoms with Gasteiger partial charge in [0.15, 0.2) is 0 Å². The average molecular weight is 830 g/mol. The largest absolute Gasteiger partial charge is 0.507 e. The second kappa shape index (κ2) is 14.8. The minimum atomic E-state index is -0.325. The van der Waals surface area contributed by atoms with Crippen molar-refractivity contribution in [2.45, 2.75) is 105 Å². The van der Waals surface area contributed by atoms with Crippen LogP contribution in [0.15, 0.2) is 138 Å². The Morgan fingerprint density at radius 2 is 1.14 bits per heavy atom. The summed E-state index contributed by atoms with van der Waals surface area (Å²) in [7, 11) is 0. The average Bonchev–Trinajstić information content (AvgIpc) is 3.80. The zero-order valence-electron chi connectivity index (χ0n) is 38.9. The number of pyridine rings is 1. The molecule has 5 nitrogen and oxygen atoms in total. The minimum absolute atomic E-state index is 0.0739. The second-order valence-electron chi connectivity index (χ2n) is 21.4. The van der Waals surface area contributed by atoms with Crippen LogP contribution in [0.3, 0.4) is 0 Å². The van der Waals surface area contributed by atoms with E-state index in [0.717, 1.165) is 83.3 Å². The van der Waals surface area contributed by atoms with Crippen LogP contribution in [0.5, 0.6) is 5.75 Å². The Hall–Kier alpha value is -6.46. The molecular formula is C58H59N3O2. The molecule has 0 bridgehead atoms. The molecule has 0 saturated heterocycles. The van der Waals surface area contributed by atoms with Gasteiger partial charge in [-0.1, -0.05) is 162 Å². The van der Waals surface area contributed by atoms with E-state index < -0.39 is 0 Å². The number of hydrogen-bond acceptors (Lipinski definition) is 4. The van der Waals surface area contributed by atoms with Crippen molar-refractivity contribution in [1.82, 2.24) is 14.5 Å². The molecule has 0 fully saturated rings. The van der Waals surface area contributed by atoms with Crippen LogP contribution in [0.25, 0.3) is 83.6 Å². The molecule has 0 radical (unpaired) electrons. The van der Waals surface area contributed by atoms with Crippen molar-refractivity contribution in [1.29, 1.82) is 0 Å². The molecule has 0 saturated carbocycles. The van der Waals surface area contributed by atoms with Crippen LogP contribution in [-0.2, 0) is 21.7 Å². The maximum Gasteiger partial charge on any atom is 0.149 e. The van der Waals surface area contributed by atoms with Crippen LogP contribution in [0.1, 0.15) is 105 Å². The number of phenolic OH excluding ortho intramolecular Hbond substituents is 1. The maximum absolute atomic E-state index is 12.5. The number of nitrogens with zero attached hydrogens (tertiary/aromatic N) is 3. The van der Waals surface area contributed by atoms with E-state index in [-0.39, 0.29) is 27.4 Å². The van der Waals surface area contributed by atoms with Gasteiger partial charge in [0.2, 0.25) is 0 Å². The summed E-state index contributed by atoms with van der Waals surface area (Å²) in [5, 5.41) is 14.6. The molecule has 9 aromatic rings. The number of rotatable bonds is 5. The number of benzene rings is 6. The summed E-state index contributed by atoms with van der Waals surface area (Å²) >= 11 is 0. The molecule has 0 spiro atoms. The molecule has 3 aromatic heterocycles. The first kappa shape index (κ1) is 41.9. The first-order valence-corrected chi connectivity index (χ1v) is 22.2. The van der Waals surface area contributed by atoms with E-state index >= 15 is 0 Å². The molecule has 6 aromatic carbocycles. The quantitative estimate of drug-likeness (QED) is 0.188. The Morgan fingerprint density at radius 3 is 1.84 bits per heavy atom. The van der Waals surface area contributed by atoms with Gasteiger partial charge in [-0.3, -0.25) is 9.55 Å². The lowest BCUT2D eigenvalue weighted by atomic mass is 9.79. The van der Waals surface area contributed by atoms with Crippen molar-refractivity contribution < 1.29 is 9.52 Å². The first-order chi connectivity index (χ1) is 29.7. The summed E-state index contributed by atoms with van der Waals surface area (Å²) in [4.78, 5) is 10.7. The van der Waals surface area contributed by atoms with Crippen molar-refractivity contribution in [3.63, 3.8) is 0 Å². The van der Waals surface area contributed by atoms with E-state index in [0.29, 0.717) is 11.4 Å². The Labute approximate surface area is 372 Å². The molecule has 3 heterocycles. The smallest absolute Gasteiger partial charge is 0.149 e. The highest BCUT2D eigenvalue weighted by Gasteiger charge is 2.30. The van der Waals surface area contributed by atoms with Gasteiger partial charge in [-0.05, 0) is 91.9 Å². The predicted octanol–water partition coefficient (Wildman–Crippen LogP) is 15.9. The fourth-order valence-electron chi connectivity index (χ4n) is 8.75. The van der Waals surface area contributed by atoms with Gasteiger partial charge in [-0.25, -0.2) is 4.98 Å². The lowest BCUT2D eigenvalue weighted by Gasteiger charge is -2.28. The predicted molar refractivity (Wildman–Crippen MR) is 264 cm³/mol. The number of aromatic hydroxyl groups is 1. The van der Waals surface area contributed by atoms with Gasteiger partial charge >= 0.3 is 0 Å². The fraction of sp³-hybridized carbons (Fsp3) is 0.276. The Bertz CT molecular complexity index is 3210. The Morgan fingerprint density at radius 1 is 0.492 bits per heavy atom. The number of imidazole rings is 1. The van der Waals surface area contributed by atoms with Gasteiger partial charge in [0.25, 0.3) is 0 Å². The SMILES string of the molecule is CC(C)(C)c1cc(-c2cc3oc4ccccc4c3cn2)cc(-c2cccc3c2nc(-c2cc(C(C)(C)C)cc(C(C)(C)C)c2O)n3-c2ccc(C(C)(C)C)cc2-c2ccccc2)c1.